The summed E-state index contributed by atoms with van der Waals surface area (Å²) in [5.74, 6) is -0.555. The first-order chi connectivity index (χ1) is 10.7. The fraction of sp³-hybridized carbons (Fsp3) is 0.500. The van der Waals surface area contributed by atoms with Gasteiger partial charge in [-0.25, -0.2) is 4.39 Å². The van der Waals surface area contributed by atoms with Gasteiger partial charge in [0.2, 0.25) is 0 Å². The summed E-state index contributed by atoms with van der Waals surface area (Å²) in [4.78, 5) is 16.0. The van der Waals surface area contributed by atoms with E-state index < -0.39 is 11.7 Å². The van der Waals surface area contributed by atoms with E-state index in [-0.39, 0.29) is 29.5 Å². The predicted molar refractivity (Wildman–Crippen MR) is 101 cm³/mol. The molecule has 1 saturated carbocycles. The van der Waals surface area contributed by atoms with E-state index in [0.29, 0.717) is 25.1 Å². The van der Waals surface area contributed by atoms with E-state index in [4.69, 9.17) is 5.73 Å². The Balaban J connectivity index is 0.00000264. The third-order valence-corrected chi connectivity index (χ3v) is 3.76. The first kappa shape index (κ1) is 19.7. The molecule has 5 nitrogen and oxygen atoms in total. The molecule has 0 radical (unpaired) electrons. The SMILES string of the molecule is I.NC(=NCCNC(=O)c1ccccc1F)NC1CCCCC1. The molecule has 1 aliphatic carbocycles. The van der Waals surface area contributed by atoms with Gasteiger partial charge < -0.3 is 16.4 Å². The van der Waals surface area contributed by atoms with Crippen molar-refractivity contribution in [3.05, 3.63) is 35.6 Å². The number of hydrogen-bond donors (Lipinski definition) is 3. The van der Waals surface area contributed by atoms with Crippen LogP contribution in [0.25, 0.3) is 0 Å². The van der Waals surface area contributed by atoms with Gasteiger partial charge in [-0.15, -0.1) is 24.0 Å². The van der Waals surface area contributed by atoms with Gasteiger partial charge in [0.1, 0.15) is 5.82 Å². The Bertz CT molecular complexity index is 533. The first-order valence-electron chi connectivity index (χ1n) is 7.76. The van der Waals surface area contributed by atoms with Crippen LogP contribution >= 0.6 is 24.0 Å². The smallest absolute Gasteiger partial charge is 0.254 e. The molecule has 4 N–H and O–H groups in total. The van der Waals surface area contributed by atoms with Crippen molar-refractivity contribution < 1.29 is 9.18 Å². The van der Waals surface area contributed by atoms with Crippen molar-refractivity contribution in [2.45, 2.75) is 38.1 Å². The minimum absolute atomic E-state index is 0. The molecule has 128 valence electrons. The Morgan fingerprint density at radius 3 is 2.65 bits per heavy atom. The van der Waals surface area contributed by atoms with E-state index >= 15 is 0 Å². The summed E-state index contributed by atoms with van der Waals surface area (Å²) in [5.41, 5.74) is 5.86. The van der Waals surface area contributed by atoms with Crippen LogP contribution in [-0.2, 0) is 0 Å². The van der Waals surface area contributed by atoms with Gasteiger partial charge in [0, 0.05) is 12.6 Å². The Morgan fingerprint density at radius 1 is 1.26 bits per heavy atom. The van der Waals surface area contributed by atoms with Gasteiger partial charge in [0.15, 0.2) is 5.96 Å². The van der Waals surface area contributed by atoms with Crippen LogP contribution in [0.1, 0.15) is 42.5 Å². The van der Waals surface area contributed by atoms with E-state index in [1.807, 2.05) is 0 Å². The molecular weight excluding hydrogens is 410 g/mol. The maximum atomic E-state index is 13.4. The molecule has 1 aliphatic rings. The van der Waals surface area contributed by atoms with Crippen molar-refractivity contribution in [2.24, 2.45) is 10.7 Å². The van der Waals surface area contributed by atoms with Crippen molar-refractivity contribution in [1.29, 1.82) is 0 Å². The Labute approximate surface area is 153 Å². The second kappa shape index (κ2) is 10.4. The molecule has 0 saturated heterocycles. The molecule has 0 unspecified atom stereocenters. The molecule has 1 fully saturated rings. The first-order valence-corrected chi connectivity index (χ1v) is 7.76. The lowest BCUT2D eigenvalue weighted by atomic mass is 9.96. The number of amides is 1. The molecule has 1 aromatic carbocycles. The zero-order chi connectivity index (χ0) is 15.8. The lowest BCUT2D eigenvalue weighted by molar-refractivity contribution is 0.0951. The zero-order valence-electron chi connectivity index (χ0n) is 13.1. The normalized spacial score (nSPS) is 15.6. The van der Waals surface area contributed by atoms with Gasteiger partial charge in [-0.1, -0.05) is 31.4 Å². The van der Waals surface area contributed by atoms with Crippen LogP contribution in [0.5, 0.6) is 0 Å². The predicted octanol–water partition coefficient (Wildman–Crippen LogP) is 2.41. The zero-order valence-corrected chi connectivity index (χ0v) is 15.4. The molecular formula is C16H24FIN4O. The van der Waals surface area contributed by atoms with Crippen molar-refractivity contribution in [3.63, 3.8) is 0 Å². The van der Waals surface area contributed by atoms with E-state index in [0.717, 1.165) is 12.8 Å². The van der Waals surface area contributed by atoms with Crippen LogP contribution in [0.15, 0.2) is 29.3 Å². The molecule has 1 aromatic rings. The number of aliphatic imine (C=N–C) groups is 1. The fourth-order valence-corrected chi connectivity index (χ4v) is 2.59. The van der Waals surface area contributed by atoms with E-state index in [1.54, 1.807) is 12.1 Å². The number of nitrogens with zero attached hydrogens (tertiary/aromatic N) is 1. The summed E-state index contributed by atoms with van der Waals surface area (Å²) < 4.78 is 13.4. The number of nitrogens with two attached hydrogens (primary N) is 1. The van der Waals surface area contributed by atoms with Gasteiger partial charge >= 0.3 is 0 Å². The molecule has 0 aromatic heterocycles. The third kappa shape index (κ3) is 6.72. The molecule has 0 heterocycles. The Morgan fingerprint density at radius 2 is 1.96 bits per heavy atom. The van der Waals surface area contributed by atoms with Crippen LogP contribution in [0.4, 0.5) is 4.39 Å². The number of nitrogens with one attached hydrogen (secondary N) is 2. The van der Waals surface area contributed by atoms with Crippen LogP contribution in [0.2, 0.25) is 0 Å². The molecule has 0 bridgehead atoms. The van der Waals surface area contributed by atoms with Crippen LogP contribution in [-0.4, -0.2) is 31.0 Å². The second-order valence-corrected chi connectivity index (χ2v) is 5.48. The lowest BCUT2D eigenvalue weighted by Crippen LogP contribution is -2.41. The van der Waals surface area contributed by atoms with E-state index in [2.05, 4.69) is 15.6 Å². The fourth-order valence-electron chi connectivity index (χ4n) is 2.59. The summed E-state index contributed by atoms with van der Waals surface area (Å²) in [6.07, 6.45) is 5.99. The van der Waals surface area contributed by atoms with Gasteiger partial charge in [0.05, 0.1) is 12.1 Å². The highest BCUT2D eigenvalue weighted by molar-refractivity contribution is 14.0. The summed E-state index contributed by atoms with van der Waals surface area (Å²) >= 11 is 0. The van der Waals surface area contributed by atoms with Crippen molar-refractivity contribution in [1.82, 2.24) is 10.6 Å². The highest BCUT2D eigenvalue weighted by Gasteiger charge is 2.13. The molecule has 1 amide bonds. The van der Waals surface area contributed by atoms with Gasteiger partial charge in [-0.3, -0.25) is 9.79 Å². The minimum Gasteiger partial charge on any atom is -0.370 e. The highest BCUT2D eigenvalue weighted by atomic mass is 127. The summed E-state index contributed by atoms with van der Waals surface area (Å²) in [6, 6.07) is 6.30. The van der Waals surface area contributed by atoms with Crippen molar-refractivity contribution in [2.75, 3.05) is 13.1 Å². The van der Waals surface area contributed by atoms with Crippen LogP contribution < -0.4 is 16.4 Å². The summed E-state index contributed by atoms with van der Waals surface area (Å²) in [5, 5.41) is 5.83. The number of rotatable bonds is 5. The monoisotopic (exact) mass is 434 g/mol. The average molecular weight is 434 g/mol. The molecule has 7 heteroatoms. The quantitative estimate of drug-likeness (QED) is 0.288. The highest BCUT2D eigenvalue weighted by Crippen LogP contribution is 2.16. The van der Waals surface area contributed by atoms with Crippen LogP contribution in [0.3, 0.4) is 0 Å². The molecule has 0 aliphatic heterocycles. The third-order valence-electron chi connectivity index (χ3n) is 3.76. The topological polar surface area (TPSA) is 79.5 Å². The number of carbonyl (C=O) groups is 1. The Hall–Kier alpha value is -1.38. The van der Waals surface area contributed by atoms with Crippen molar-refractivity contribution in [3.8, 4) is 0 Å². The summed E-state index contributed by atoms with van der Waals surface area (Å²) in [7, 11) is 0. The lowest BCUT2D eigenvalue weighted by Gasteiger charge is -2.23. The maximum absolute atomic E-state index is 13.4. The van der Waals surface area contributed by atoms with Gasteiger partial charge in [0.25, 0.3) is 5.91 Å². The number of benzene rings is 1. The molecule has 0 atom stereocenters. The minimum atomic E-state index is -0.526. The summed E-state index contributed by atoms with van der Waals surface area (Å²) in [6.45, 7) is 0.686. The van der Waals surface area contributed by atoms with Gasteiger partial charge in [-0.2, -0.15) is 0 Å². The standard InChI is InChI=1S/C16H23FN4O.HI/c17-14-9-5-4-8-13(14)15(22)19-10-11-20-16(18)21-12-6-2-1-3-7-12;/h4-5,8-9,12H,1-3,6-7,10-11H2,(H,19,22)(H3,18,20,21);1H. The average Bonchev–Trinajstić information content (AvgIpc) is 2.53. The van der Waals surface area contributed by atoms with Crippen molar-refractivity contribution >= 4 is 35.8 Å². The maximum Gasteiger partial charge on any atom is 0.254 e. The van der Waals surface area contributed by atoms with Crippen LogP contribution in [0, 0.1) is 5.82 Å². The van der Waals surface area contributed by atoms with E-state index in [9.17, 15) is 9.18 Å². The number of halogens is 2. The number of hydrogen-bond acceptors (Lipinski definition) is 2. The molecule has 23 heavy (non-hydrogen) atoms. The second-order valence-electron chi connectivity index (χ2n) is 5.48. The largest absolute Gasteiger partial charge is 0.370 e. The molecule has 0 spiro atoms. The number of guanidine groups is 1. The van der Waals surface area contributed by atoms with Gasteiger partial charge in [-0.05, 0) is 25.0 Å². The number of carbonyl (C=O) groups excluding carboxylic acids is 1. The van der Waals surface area contributed by atoms with E-state index in [1.165, 1.54) is 31.4 Å². The molecule has 2 rings (SSSR count). The Kier molecular flexibility index (Phi) is 8.90.